The zero-order valence-electron chi connectivity index (χ0n) is 43.7. The maximum Gasteiger partial charge on any atom is 0.329 e. The Balaban J connectivity index is 1.44. The summed E-state index contributed by atoms with van der Waals surface area (Å²) in [6, 6.07) is 6.52. The van der Waals surface area contributed by atoms with Gasteiger partial charge in [0, 0.05) is 59.4 Å². The van der Waals surface area contributed by atoms with Crippen molar-refractivity contribution in [3.63, 3.8) is 0 Å². The summed E-state index contributed by atoms with van der Waals surface area (Å²) in [5, 5.41) is 8.67. The summed E-state index contributed by atoms with van der Waals surface area (Å²) in [6.07, 6.45) is 8.99. The topological polar surface area (TPSA) is 210 Å². The molecular formula is C53H82N6O11. The second-order valence-electron chi connectivity index (χ2n) is 21.2. The van der Waals surface area contributed by atoms with Crippen molar-refractivity contribution in [2.75, 3.05) is 34.4 Å². The Hall–Kier alpha value is -5.16. The lowest BCUT2D eigenvalue weighted by Crippen LogP contribution is -2.62. The third-order valence-electron chi connectivity index (χ3n) is 13.9. The number of amides is 7. The second kappa shape index (κ2) is 26.3. The Bertz CT molecular complexity index is 1980. The number of esters is 1. The zero-order chi connectivity index (χ0) is 51.9. The van der Waals surface area contributed by atoms with Crippen LogP contribution in [-0.4, -0.2) is 144 Å². The lowest BCUT2D eigenvalue weighted by atomic mass is 9.80. The van der Waals surface area contributed by atoms with Crippen LogP contribution in [-0.2, 0) is 59.0 Å². The highest BCUT2D eigenvalue weighted by Gasteiger charge is 2.45. The molecule has 2 aliphatic heterocycles. The summed E-state index contributed by atoms with van der Waals surface area (Å²) in [7, 11) is 4.78. The average Bonchev–Trinajstić information content (AvgIpc) is 3.92. The van der Waals surface area contributed by atoms with Crippen LogP contribution in [0.5, 0.6) is 0 Å². The van der Waals surface area contributed by atoms with E-state index in [0.29, 0.717) is 38.6 Å². The van der Waals surface area contributed by atoms with Crippen LogP contribution in [0.15, 0.2) is 42.5 Å². The monoisotopic (exact) mass is 979 g/mol. The number of nitrogens with one attached hydrogen (secondary N) is 3. The number of methoxy groups -OCH3 is 2. The number of likely N-dealkylation sites (tertiary alicyclic amines) is 1. The molecule has 2 heterocycles. The fourth-order valence-corrected chi connectivity index (χ4v) is 10.0. The van der Waals surface area contributed by atoms with Gasteiger partial charge < -0.3 is 40.0 Å². The smallest absolute Gasteiger partial charge is 0.329 e. The van der Waals surface area contributed by atoms with Gasteiger partial charge in [0.1, 0.15) is 23.2 Å². The minimum absolute atomic E-state index is 0.0197. The molecule has 7 unspecified atom stereocenters. The molecular weight excluding hydrogens is 897 g/mol. The van der Waals surface area contributed by atoms with E-state index < -0.39 is 71.2 Å². The molecule has 1 aliphatic carbocycles. The number of benzene rings is 1. The Labute approximate surface area is 415 Å². The number of carbonyl (C=O) groups is 8. The van der Waals surface area contributed by atoms with Crippen molar-refractivity contribution in [1.82, 2.24) is 30.7 Å². The first-order valence-corrected chi connectivity index (χ1v) is 25.3. The highest BCUT2D eigenvalue weighted by Crippen LogP contribution is 2.34. The van der Waals surface area contributed by atoms with Crippen LogP contribution in [0, 0.1) is 17.8 Å². The standard InChI is InChI=1S/C53H82N6O11/c1-34(2)45(55-51(67)53(7,8)56-41(60)27-19-14-20-30-59-42(61)28-29-43(59)62)49(65)57(9)46(37-24-17-13-18-25-37)40(68-10)33-44(63)58-31-21-26-39(58)47(69-11)35(3)48(64)54-38(50(66)70-52(4,5)6)32-36-22-15-12-16-23-36/h12,15-16,22-23,28-29,34-35,37-40,45-47H,13-14,17-21,24-27,30-33H2,1-11H3,(H,54,64)(H,55,67)(H,56,60). The Morgan fingerprint density at radius 3 is 2.04 bits per heavy atom. The number of ether oxygens (including phenoxy) is 3. The van der Waals surface area contributed by atoms with Crippen LogP contribution in [0.2, 0.25) is 0 Å². The van der Waals surface area contributed by atoms with Crippen molar-refractivity contribution >= 4 is 47.3 Å². The molecule has 7 atom stereocenters. The minimum atomic E-state index is -1.36. The fraction of sp³-hybridized carbons (Fsp3) is 0.698. The number of hydrogen-bond donors (Lipinski definition) is 3. The van der Waals surface area contributed by atoms with E-state index in [0.717, 1.165) is 42.6 Å². The van der Waals surface area contributed by atoms with Crippen molar-refractivity contribution in [3.05, 3.63) is 48.0 Å². The molecule has 0 aromatic heterocycles. The molecule has 3 N–H and O–H groups in total. The molecule has 1 saturated carbocycles. The molecule has 0 bridgehead atoms. The Morgan fingerprint density at radius 2 is 1.46 bits per heavy atom. The molecule has 17 heteroatoms. The SMILES string of the molecule is COC(CC(=O)N1CCCC1C(OC)C(C)C(=O)NC(Cc1ccccc1)C(=O)OC(C)(C)C)C(C1CCCCC1)N(C)C(=O)C(NC(=O)C(C)(C)NC(=O)CCCCCN1C(=O)C=CC1=O)C(C)C. The van der Waals surface area contributed by atoms with E-state index in [1.54, 1.807) is 65.5 Å². The fourth-order valence-electron chi connectivity index (χ4n) is 10.0. The first-order chi connectivity index (χ1) is 33.0. The molecule has 2 fully saturated rings. The number of hydrogen-bond acceptors (Lipinski definition) is 11. The van der Waals surface area contributed by atoms with Crippen molar-refractivity contribution in [1.29, 1.82) is 0 Å². The molecule has 4 rings (SSSR count). The number of imide groups is 1. The minimum Gasteiger partial charge on any atom is -0.458 e. The molecule has 1 saturated heterocycles. The maximum absolute atomic E-state index is 14.7. The summed E-state index contributed by atoms with van der Waals surface area (Å²) < 4.78 is 17.9. The normalized spacial score (nSPS) is 19.3. The van der Waals surface area contributed by atoms with Crippen LogP contribution in [0.25, 0.3) is 0 Å². The predicted octanol–water partition coefficient (Wildman–Crippen LogP) is 5.03. The van der Waals surface area contributed by atoms with Gasteiger partial charge in [-0.3, -0.25) is 38.5 Å². The highest BCUT2D eigenvalue weighted by molar-refractivity contribution is 6.12. The quantitative estimate of drug-likeness (QED) is 0.0673. The number of nitrogens with zero attached hydrogens (tertiary/aromatic N) is 3. The molecule has 1 aromatic carbocycles. The summed E-state index contributed by atoms with van der Waals surface area (Å²) in [6.45, 7) is 14.6. The Morgan fingerprint density at radius 1 is 0.814 bits per heavy atom. The van der Waals surface area contributed by atoms with Crippen LogP contribution < -0.4 is 16.0 Å². The molecule has 17 nitrogen and oxygen atoms in total. The van der Waals surface area contributed by atoms with E-state index in [-0.39, 0.29) is 67.2 Å². The summed E-state index contributed by atoms with van der Waals surface area (Å²) in [5.41, 5.74) is -1.27. The first kappa shape index (κ1) is 57.4. The van der Waals surface area contributed by atoms with Gasteiger partial charge in [-0.05, 0) is 90.5 Å². The second-order valence-corrected chi connectivity index (χ2v) is 21.2. The van der Waals surface area contributed by atoms with Gasteiger partial charge in [0.05, 0.1) is 36.6 Å². The molecule has 7 amide bonds. The lowest BCUT2D eigenvalue weighted by molar-refractivity contribution is -0.159. The van der Waals surface area contributed by atoms with Crippen molar-refractivity contribution in [2.45, 2.75) is 186 Å². The molecule has 0 spiro atoms. The Kier molecular flexibility index (Phi) is 21.6. The zero-order valence-corrected chi connectivity index (χ0v) is 43.7. The van der Waals surface area contributed by atoms with E-state index in [1.807, 2.05) is 44.2 Å². The number of likely N-dealkylation sites (N-methyl/N-ethyl adjacent to an activating group) is 1. The van der Waals surface area contributed by atoms with Crippen molar-refractivity contribution < 1.29 is 52.6 Å². The van der Waals surface area contributed by atoms with E-state index >= 15 is 0 Å². The molecule has 390 valence electrons. The lowest BCUT2D eigenvalue weighted by Gasteiger charge is -2.43. The largest absolute Gasteiger partial charge is 0.458 e. The highest BCUT2D eigenvalue weighted by atomic mass is 16.6. The summed E-state index contributed by atoms with van der Waals surface area (Å²) >= 11 is 0. The van der Waals surface area contributed by atoms with Gasteiger partial charge in [0.2, 0.25) is 29.5 Å². The van der Waals surface area contributed by atoms with E-state index in [4.69, 9.17) is 14.2 Å². The third-order valence-corrected chi connectivity index (χ3v) is 13.9. The molecule has 3 aliphatic rings. The van der Waals surface area contributed by atoms with Gasteiger partial charge >= 0.3 is 5.97 Å². The van der Waals surface area contributed by atoms with Gasteiger partial charge in [-0.2, -0.15) is 0 Å². The van der Waals surface area contributed by atoms with Crippen LogP contribution >= 0.6 is 0 Å². The molecule has 1 aromatic rings. The van der Waals surface area contributed by atoms with Gasteiger partial charge in [-0.15, -0.1) is 0 Å². The van der Waals surface area contributed by atoms with E-state index in [9.17, 15) is 38.4 Å². The third kappa shape index (κ3) is 16.2. The van der Waals surface area contributed by atoms with Crippen LogP contribution in [0.3, 0.4) is 0 Å². The summed E-state index contributed by atoms with van der Waals surface area (Å²) in [5.74, 6) is -4.10. The average molecular weight is 979 g/mol. The van der Waals surface area contributed by atoms with E-state index in [1.165, 1.54) is 19.3 Å². The maximum atomic E-state index is 14.7. The van der Waals surface area contributed by atoms with Gasteiger partial charge in [-0.1, -0.05) is 76.8 Å². The number of rotatable bonds is 25. The van der Waals surface area contributed by atoms with Gasteiger partial charge in [0.25, 0.3) is 11.8 Å². The van der Waals surface area contributed by atoms with Gasteiger partial charge in [0.15, 0.2) is 0 Å². The number of carbonyl (C=O) groups excluding carboxylic acids is 8. The van der Waals surface area contributed by atoms with Crippen LogP contribution in [0.1, 0.15) is 138 Å². The predicted molar refractivity (Wildman–Crippen MR) is 264 cm³/mol. The number of unbranched alkanes of at least 4 members (excludes halogenated alkanes) is 2. The van der Waals surface area contributed by atoms with Crippen LogP contribution in [0.4, 0.5) is 0 Å². The molecule has 70 heavy (non-hydrogen) atoms. The van der Waals surface area contributed by atoms with Crippen molar-refractivity contribution in [2.24, 2.45) is 17.8 Å². The molecule has 0 radical (unpaired) electrons. The first-order valence-electron chi connectivity index (χ1n) is 25.3. The van der Waals surface area contributed by atoms with Crippen molar-refractivity contribution in [3.8, 4) is 0 Å². The van der Waals surface area contributed by atoms with E-state index in [2.05, 4.69) is 16.0 Å². The summed E-state index contributed by atoms with van der Waals surface area (Å²) in [4.78, 5) is 112. The van der Waals surface area contributed by atoms with Gasteiger partial charge in [-0.25, -0.2) is 4.79 Å².